The van der Waals surface area contributed by atoms with Crippen molar-refractivity contribution in [2.45, 2.75) is 51.4 Å². The molecule has 0 N–H and O–H groups in total. The number of esters is 2. The van der Waals surface area contributed by atoms with Crippen LogP contribution >= 0.6 is 0 Å². The lowest BCUT2D eigenvalue weighted by Gasteiger charge is -2.38. The first-order valence-electron chi connectivity index (χ1n) is 11.0. The van der Waals surface area contributed by atoms with Crippen LogP contribution in [0.15, 0.2) is 54.1 Å². The zero-order valence-corrected chi connectivity index (χ0v) is 20.3. The standard InChI is InChI=1S/C26H30O5Si/c1-26(2,3)32(4,5)31-22-13-9-12-18-19(22)14-20-21(16-30-24(20)27)23(18)25(28)29-15-17-10-7-6-8-11-17/h6-14,21,23H,15-16H2,1-5H3/t21-,23-/m0/s1. The highest BCUT2D eigenvalue weighted by Crippen LogP contribution is 2.47. The molecule has 32 heavy (non-hydrogen) atoms. The van der Waals surface area contributed by atoms with Crippen molar-refractivity contribution in [3.63, 3.8) is 0 Å². The molecule has 2 aromatic carbocycles. The highest BCUT2D eigenvalue weighted by Gasteiger charge is 2.46. The molecule has 0 saturated carbocycles. The Kier molecular flexibility index (Phi) is 5.75. The second-order valence-corrected chi connectivity index (χ2v) is 14.7. The first-order valence-corrected chi connectivity index (χ1v) is 13.9. The smallest absolute Gasteiger partial charge is 0.334 e. The van der Waals surface area contributed by atoms with Crippen LogP contribution < -0.4 is 4.43 Å². The lowest BCUT2D eigenvalue weighted by Crippen LogP contribution is -2.44. The van der Waals surface area contributed by atoms with Crippen LogP contribution in [0.4, 0.5) is 0 Å². The number of rotatable bonds is 5. The number of benzene rings is 2. The molecule has 0 aromatic heterocycles. The van der Waals surface area contributed by atoms with Crippen LogP contribution in [0.1, 0.15) is 43.4 Å². The third-order valence-corrected chi connectivity index (χ3v) is 11.2. The molecular weight excluding hydrogens is 420 g/mol. The molecule has 5 nitrogen and oxygen atoms in total. The molecule has 4 rings (SSSR count). The summed E-state index contributed by atoms with van der Waals surface area (Å²) >= 11 is 0. The van der Waals surface area contributed by atoms with E-state index < -0.39 is 14.2 Å². The van der Waals surface area contributed by atoms with Crippen molar-refractivity contribution >= 4 is 26.3 Å². The van der Waals surface area contributed by atoms with E-state index in [-0.39, 0.29) is 36.1 Å². The number of hydrogen-bond donors (Lipinski definition) is 0. The Morgan fingerprint density at radius 2 is 1.81 bits per heavy atom. The molecule has 2 aliphatic rings. The van der Waals surface area contributed by atoms with Crippen LogP contribution in [0.5, 0.6) is 5.75 Å². The molecule has 1 aliphatic carbocycles. The van der Waals surface area contributed by atoms with Crippen LogP contribution in [0, 0.1) is 5.92 Å². The van der Waals surface area contributed by atoms with Crippen molar-refractivity contribution in [2.75, 3.05) is 6.61 Å². The molecule has 1 saturated heterocycles. The second kappa shape index (κ2) is 8.24. The van der Waals surface area contributed by atoms with Crippen molar-refractivity contribution in [1.29, 1.82) is 0 Å². The van der Waals surface area contributed by atoms with Crippen LogP contribution in [-0.2, 0) is 25.7 Å². The minimum absolute atomic E-state index is 0.0143. The average Bonchev–Trinajstić information content (AvgIpc) is 3.11. The third-order valence-electron chi connectivity index (χ3n) is 6.82. The summed E-state index contributed by atoms with van der Waals surface area (Å²) in [5.41, 5.74) is 3.04. The van der Waals surface area contributed by atoms with Gasteiger partial charge in [-0.05, 0) is 41.4 Å². The van der Waals surface area contributed by atoms with E-state index in [9.17, 15) is 9.59 Å². The molecule has 168 valence electrons. The molecule has 1 aliphatic heterocycles. The predicted molar refractivity (Wildman–Crippen MR) is 126 cm³/mol. The third kappa shape index (κ3) is 4.11. The van der Waals surface area contributed by atoms with Gasteiger partial charge in [-0.2, -0.15) is 0 Å². The van der Waals surface area contributed by atoms with Gasteiger partial charge in [0.05, 0.1) is 12.5 Å². The quantitative estimate of drug-likeness (QED) is 0.447. The molecular formula is C26H30O5Si. The highest BCUT2D eigenvalue weighted by atomic mass is 28.4. The van der Waals surface area contributed by atoms with Crippen molar-refractivity contribution in [3.8, 4) is 5.75 Å². The number of carbonyl (C=O) groups excluding carboxylic acids is 2. The lowest BCUT2D eigenvalue weighted by atomic mass is 9.76. The lowest BCUT2D eigenvalue weighted by molar-refractivity contribution is -0.148. The summed E-state index contributed by atoms with van der Waals surface area (Å²) in [5, 5.41) is 0.0143. The van der Waals surface area contributed by atoms with Gasteiger partial charge < -0.3 is 13.9 Å². The number of fused-ring (bicyclic) bond motifs is 2. The first-order chi connectivity index (χ1) is 15.1. The number of cyclic esters (lactones) is 1. The summed E-state index contributed by atoms with van der Waals surface area (Å²) in [6, 6.07) is 15.3. The largest absolute Gasteiger partial charge is 0.543 e. The zero-order valence-electron chi connectivity index (χ0n) is 19.3. The fourth-order valence-corrected chi connectivity index (χ4v) is 4.95. The minimum atomic E-state index is -2.13. The summed E-state index contributed by atoms with van der Waals surface area (Å²) in [4.78, 5) is 25.7. The summed E-state index contributed by atoms with van der Waals surface area (Å²) in [6.45, 7) is 11.3. The fourth-order valence-electron chi connectivity index (χ4n) is 3.92. The van der Waals surface area contributed by atoms with Crippen molar-refractivity contribution in [2.24, 2.45) is 5.92 Å². The SMILES string of the molecule is CC(C)(C)[Si](C)(C)Oc1cccc2c1C=C1C(=O)OC[C@@H]1[C@H]2C(=O)OCc1ccccc1. The van der Waals surface area contributed by atoms with Gasteiger partial charge in [-0.15, -0.1) is 0 Å². The van der Waals surface area contributed by atoms with E-state index in [4.69, 9.17) is 13.9 Å². The van der Waals surface area contributed by atoms with E-state index in [2.05, 4.69) is 33.9 Å². The van der Waals surface area contributed by atoms with E-state index >= 15 is 0 Å². The summed E-state index contributed by atoms with van der Waals surface area (Å²) < 4.78 is 17.6. The van der Waals surface area contributed by atoms with Crippen molar-refractivity contribution < 1.29 is 23.5 Å². The van der Waals surface area contributed by atoms with Crippen molar-refractivity contribution in [3.05, 3.63) is 70.8 Å². The fraction of sp³-hybridized carbons (Fsp3) is 0.385. The number of ether oxygens (including phenoxy) is 2. The second-order valence-electron chi connectivity index (χ2n) is 10.00. The Hall–Kier alpha value is -2.86. The van der Waals surface area contributed by atoms with Gasteiger partial charge in [0.15, 0.2) is 0 Å². The van der Waals surface area contributed by atoms with Gasteiger partial charge in [0.2, 0.25) is 0 Å². The van der Waals surface area contributed by atoms with Gasteiger partial charge in [0, 0.05) is 17.1 Å². The monoisotopic (exact) mass is 450 g/mol. The van der Waals surface area contributed by atoms with Crippen LogP contribution in [0.2, 0.25) is 18.1 Å². The molecule has 2 aromatic rings. The van der Waals surface area contributed by atoms with E-state index in [1.54, 1.807) is 0 Å². The minimum Gasteiger partial charge on any atom is -0.543 e. The Balaban J connectivity index is 1.70. The first kappa shape index (κ1) is 22.3. The molecule has 2 atom stereocenters. The van der Waals surface area contributed by atoms with Gasteiger partial charge in [-0.3, -0.25) is 4.79 Å². The van der Waals surface area contributed by atoms with Crippen LogP contribution in [0.3, 0.4) is 0 Å². The molecule has 1 heterocycles. The maximum absolute atomic E-state index is 13.3. The highest BCUT2D eigenvalue weighted by molar-refractivity contribution is 6.74. The Bertz CT molecular complexity index is 1070. The molecule has 6 heteroatoms. The Labute approximate surface area is 190 Å². The van der Waals surface area contributed by atoms with E-state index in [1.165, 1.54) is 0 Å². The van der Waals surface area contributed by atoms with E-state index in [0.717, 1.165) is 16.7 Å². The van der Waals surface area contributed by atoms with Crippen LogP contribution in [0.25, 0.3) is 6.08 Å². The van der Waals surface area contributed by atoms with E-state index in [1.807, 2.05) is 54.6 Å². The predicted octanol–water partition coefficient (Wildman–Crippen LogP) is 5.47. The van der Waals surface area contributed by atoms with Gasteiger partial charge in [0.1, 0.15) is 12.4 Å². The summed E-state index contributed by atoms with van der Waals surface area (Å²) in [6.07, 6.45) is 1.85. The van der Waals surface area contributed by atoms with Crippen LogP contribution in [-0.4, -0.2) is 26.9 Å². The van der Waals surface area contributed by atoms with E-state index in [0.29, 0.717) is 11.3 Å². The maximum Gasteiger partial charge on any atom is 0.334 e. The molecule has 0 spiro atoms. The molecule has 0 bridgehead atoms. The number of carbonyl (C=O) groups is 2. The Morgan fingerprint density at radius 1 is 1.09 bits per heavy atom. The van der Waals surface area contributed by atoms with Gasteiger partial charge >= 0.3 is 11.9 Å². The maximum atomic E-state index is 13.3. The molecule has 1 fully saturated rings. The van der Waals surface area contributed by atoms with Gasteiger partial charge in [0.25, 0.3) is 8.32 Å². The summed E-state index contributed by atoms with van der Waals surface area (Å²) in [7, 11) is -2.13. The Morgan fingerprint density at radius 3 is 2.50 bits per heavy atom. The molecule has 0 unspecified atom stereocenters. The topological polar surface area (TPSA) is 61.8 Å². The van der Waals surface area contributed by atoms with Crippen molar-refractivity contribution in [1.82, 2.24) is 0 Å². The van der Waals surface area contributed by atoms with Gasteiger partial charge in [-0.1, -0.05) is 63.2 Å². The van der Waals surface area contributed by atoms with Gasteiger partial charge in [-0.25, -0.2) is 4.79 Å². The average molecular weight is 451 g/mol. The number of hydrogen-bond acceptors (Lipinski definition) is 5. The molecule has 0 amide bonds. The molecule has 0 radical (unpaired) electrons. The summed E-state index contributed by atoms with van der Waals surface area (Å²) in [5.74, 6) is -0.970. The normalized spacial score (nSPS) is 20.0. The zero-order chi connectivity index (χ0) is 23.1.